The van der Waals surface area contributed by atoms with E-state index in [0.717, 1.165) is 22.3 Å². The zero-order chi connectivity index (χ0) is 14.1. The third-order valence-electron chi connectivity index (χ3n) is 3.40. The van der Waals surface area contributed by atoms with E-state index >= 15 is 0 Å². The lowest BCUT2D eigenvalue weighted by atomic mass is 10.0. The van der Waals surface area contributed by atoms with Gasteiger partial charge in [-0.3, -0.25) is 0 Å². The lowest BCUT2D eigenvalue weighted by molar-refractivity contribution is 0.525. The van der Waals surface area contributed by atoms with Crippen molar-refractivity contribution in [3.63, 3.8) is 0 Å². The summed E-state index contributed by atoms with van der Waals surface area (Å²) in [6.07, 6.45) is 0. The number of rotatable bonds is 2. The van der Waals surface area contributed by atoms with E-state index in [2.05, 4.69) is 12.1 Å². The molecule has 0 saturated heterocycles. The van der Waals surface area contributed by atoms with E-state index in [4.69, 9.17) is 15.4 Å². The summed E-state index contributed by atoms with van der Waals surface area (Å²) in [5.74, 6) is 0.732. The third-order valence-corrected chi connectivity index (χ3v) is 3.40. The van der Waals surface area contributed by atoms with E-state index in [9.17, 15) is 0 Å². The molecule has 0 aliphatic heterocycles. The van der Waals surface area contributed by atoms with Crippen LogP contribution in [0.3, 0.4) is 0 Å². The highest BCUT2D eigenvalue weighted by Gasteiger charge is 2.14. The molecule has 1 unspecified atom stereocenters. The number of hydrogen-bond acceptors (Lipinski definition) is 3. The van der Waals surface area contributed by atoms with Gasteiger partial charge in [-0.15, -0.1) is 0 Å². The number of nitrogens with zero attached hydrogens (tertiary/aromatic N) is 1. The van der Waals surface area contributed by atoms with Crippen molar-refractivity contribution in [2.24, 2.45) is 5.73 Å². The topological polar surface area (TPSA) is 62.9 Å². The molecular weight excluding hydrogens is 248 g/mol. The predicted molar refractivity (Wildman–Crippen MR) is 78.1 cm³/mol. The lowest BCUT2D eigenvalue weighted by Gasteiger charge is -2.08. The highest BCUT2D eigenvalue weighted by Crippen LogP contribution is 2.27. The van der Waals surface area contributed by atoms with Gasteiger partial charge >= 0.3 is 0 Å². The monoisotopic (exact) mass is 262 g/mol. The molecule has 0 aliphatic rings. The molecule has 3 aromatic rings. The maximum atomic E-state index is 8.81. The van der Waals surface area contributed by atoms with Crippen molar-refractivity contribution in [1.82, 2.24) is 0 Å². The minimum Gasteiger partial charge on any atom is -0.459 e. The van der Waals surface area contributed by atoms with Crippen molar-refractivity contribution in [2.45, 2.75) is 13.0 Å². The summed E-state index contributed by atoms with van der Waals surface area (Å²) in [5, 5.41) is 9.86. The molecule has 1 heterocycles. The van der Waals surface area contributed by atoms with E-state index in [-0.39, 0.29) is 6.04 Å². The molecule has 1 aromatic heterocycles. The first-order chi connectivity index (χ1) is 9.67. The normalized spacial score (nSPS) is 12.2. The van der Waals surface area contributed by atoms with Gasteiger partial charge < -0.3 is 10.2 Å². The number of fused-ring (bicyclic) bond motifs is 1. The van der Waals surface area contributed by atoms with Gasteiger partial charge in [0.15, 0.2) is 0 Å². The summed E-state index contributed by atoms with van der Waals surface area (Å²) < 4.78 is 5.81. The average molecular weight is 262 g/mol. The molecule has 0 spiro atoms. The molecule has 2 aromatic carbocycles. The molecule has 1 atom stereocenters. The minimum atomic E-state index is -0.324. The Kier molecular flexibility index (Phi) is 3.02. The Morgan fingerprint density at radius 3 is 2.55 bits per heavy atom. The predicted octanol–water partition coefficient (Wildman–Crippen LogP) is 3.66. The molecule has 20 heavy (non-hydrogen) atoms. The standard InChI is InChI=1S/C17H14N2O/c1-11-2-7-15-14(8-11)9-16(20-15)17(19)13-5-3-12(10-18)4-6-13/h2-9,17H,19H2,1H3. The van der Waals surface area contributed by atoms with Crippen LogP contribution in [0.25, 0.3) is 11.0 Å². The summed E-state index contributed by atoms with van der Waals surface area (Å²) in [6.45, 7) is 2.05. The Bertz CT molecular complexity index is 794. The Balaban J connectivity index is 1.98. The second kappa shape index (κ2) is 4.84. The molecule has 0 saturated carbocycles. The Morgan fingerprint density at radius 1 is 1.10 bits per heavy atom. The third kappa shape index (κ3) is 2.18. The second-order valence-corrected chi connectivity index (χ2v) is 4.90. The molecule has 98 valence electrons. The van der Waals surface area contributed by atoms with Crippen molar-refractivity contribution in [2.75, 3.05) is 0 Å². The Hall–Kier alpha value is -2.57. The van der Waals surface area contributed by atoms with E-state index in [1.54, 1.807) is 12.1 Å². The average Bonchev–Trinajstić information content (AvgIpc) is 2.89. The van der Waals surface area contributed by atoms with Gasteiger partial charge in [-0.05, 0) is 42.8 Å². The van der Waals surface area contributed by atoms with Crippen LogP contribution >= 0.6 is 0 Å². The number of furan rings is 1. The van der Waals surface area contributed by atoms with Crippen LogP contribution in [0.2, 0.25) is 0 Å². The fourth-order valence-corrected chi connectivity index (χ4v) is 2.27. The van der Waals surface area contributed by atoms with Gasteiger partial charge in [-0.1, -0.05) is 23.8 Å². The molecular formula is C17H14N2O. The molecule has 0 bridgehead atoms. The van der Waals surface area contributed by atoms with Crippen LogP contribution in [0.15, 0.2) is 52.9 Å². The summed E-state index contributed by atoms with van der Waals surface area (Å²) in [4.78, 5) is 0. The van der Waals surface area contributed by atoms with Gasteiger partial charge in [0.05, 0.1) is 17.7 Å². The van der Waals surface area contributed by atoms with Crippen molar-refractivity contribution >= 4 is 11.0 Å². The van der Waals surface area contributed by atoms with Gasteiger partial charge in [0.1, 0.15) is 11.3 Å². The Labute approximate surface area is 117 Å². The number of nitrogens with two attached hydrogens (primary N) is 1. The van der Waals surface area contributed by atoms with E-state index < -0.39 is 0 Å². The summed E-state index contributed by atoms with van der Waals surface area (Å²) in [5.41, 5.74) is 9.82. The van der Waals surface area contributed by atoms with Crippen LogP contribution < -0.4 is 5.73 Å². The first-order valence-corrected chi connectivity index (χ1v) is 6.43. The fourth-order valence-electron chi connectivity index (χ4n) is 2.27. The summed E-state index contributed by atoms with van der Waals surface area (Å²) in [7, 11) is 0. The molecule has 3 nitrogen and oxygen atoms in total. The molecule has 0 amide bonds. The van der Waals surface area contributed by atoms with Crippen molar-refractivity contribution in [3.8, 4) is 6.07 Å². The molecule has 2 N–H and O–H groups in total. The Morgan fingerprint density at radius 2 is 1.85 bits per heavy atom. The summed E-state index contributed by atoms with van der Waals surface area (Å²) in [6, 6.07) is 17.1. The smallest absolute Gasteiger partial charge is 0.134 e. The number of hydrogen-bond donors (Lipinski definition) is 1. The molecule has 0 radical (unpaired) electrons. The highest BCUT2D eigenvalue weighted by molar-refractivity contribution is 5.78. The molecule has 3 rings (SSSR count). The van der Waals surface area contributed by atoms with Crippen molar-refractivity contribution in [3.05, 3.63) is 71.0 Å². The van der Waals surface area contributed by atoms with Gasteiger partial charge in [0.25, 0.3) is 0 Å². The largest absolute Gasteiger partial charge is 0.459 e. The van der Waals surface area contributed by atoms with E-state index in [1.165, 1.54) is 5.56 Å². The number of aryl methyl sites for hydroxylation is 1. The first-order valence-electron chi connectivity index (χ1n) is 6.43. The SMILES string of the molecule is Cc1ccc2oc(C(N)c3ccc(C#N)cc3)cc2c1. The first kappa shape index (κ1) is 12.5. The maximum Gasteiger partial charge on any atom is 0.134 e. The number of nitriles is 1. The van der Waals surface area contributed by atoms with Crippen LogP contribution in [0, 0.1) is 18.3 Å². The van der Waals surface area contributed by atoms with E-state index in [1.807, 2.05) is 37.3 Å². The zero-order valence-corrected chi connectivity index (χ0v) is 11.1. The van der Waals surface area contributed by atoms with Crippen LogP contribution in [0.5, 0.6) is 0 Å². The van der Waals surface area contributed by atoms with Gasteiger partial charge in [0.2, 0.25) is 0 Å². The quantitative estimate of drug-likeness (QED) is 0.766. The zero-order valence-electron chi connectivity index (χ0n) is 11.1. The van der Waals surface area contributed by atoms with Crippen LogP contribution in [-0.4, -0.2) is 0 Å². The molecule has 0 aliphatic carbocycles. The van der Waals surface area contributed by atoms with Gasteiger partial charge in [0, 0.05) is 5.39 Å². The lowest BCUT2D eigenvalue weighted by Crippen LogP contribution is -2.10. The summed E-state index contributed by atoms with van der Waals surface area (Å²) >= 11 is 0. The van der Waals surface area contributed by atoms with E-state index in [0.29, 0.717) is 5.56 Å². The van der Waals surface area contributed by atoms with Crippen LogP contribution in [-0.2, 0) is 0 Å². The molecule has 0 fully saturated rings. The van der Waals surface area contributed by atoms with Crippen molar-refractivity contribution < 1.29 is 4.42 Å². The van der Waals surface area contributed by atoms with Crippen molar-refractivity contribution in [1.29, 1.82) is 5.26 Å². The molecule has 3 heteroatoms. The minimum absolute atomic E-state index is 0.324. The number of benzene rings is 2. The maximum absolute atomic E-state index is 8.81. The van der Waals surface area contributed by atoms with Gasteiger partial charge in [-0.2, -0.15) is 5.26 Å². The fraction of sp³-hybridized carbons (Fsp3) is 0.118. The van der Waals surface area contributed by atoms with Crippen LogP contribution in [0.1, 0.15) is 28.5 Å². The second-order valence-electron chi connectivity index (χ2n) is 4.90. The highest BCUT2D eigenvalue weighted by atomic mass is 16.3. The van der Waals surface area contributed by atoms with Gasteiger partial charge in [-0.25, -0.2) is 0 Å². The van der Waals surface area contributed by atoms with Crippen LogP contribution in [0.4, 0.5) is 0 Å².